The van der Waals surface area contributed by atoms with Crippen LogP contribution in [0.1, 0.15) is 77.6 Å². The van der Waals surface area contributed by atoms with Crippen LogP contribution in [0.25, 0.3) is 0 Å². The van der Waals surface area contributed by atoms with Crippen molar-refractivity contribution < 1.29 is 27.0 Å². The molecule has 0 amide bonds. The van der Waals surface area contributed by atoms with Crippen molar-refractivity contribution in [3.8, 4) is 0 Å². The van der Waals surface area contributed by atoms with Gasteiger partial charge in [-0.3, -0.25) is 0 Å². The predicted molar refractivity (Wildman–Crippen MR) is 92.9 cm³/mol. The summed E-state index contributed by atoms with van der Waals surface area (Å²) in [4.78, 5) is 2.27. The molecule has 2 N–H and O–H groups in total. The van der Waals surface area contributed by atoms with Crippen LogP contribution in [0.3, 0.4) is 0 Å². The summed E-state index contributed by atoms with van der Waals surface area (Å²) in [5.74, 6) is 0. The van der Waals surface area contributed by atoms with Gasteiger partial charge in [-0.2, -0.15) is 0 Å². The highest BCUT2D eigenvalue weighted by molar-refractivity contribution is 9.09. The van der Waals surface area contributed by atoms with E-state index in [4.69, 9.17) is 5.11 Å². The average molecular weight is 431 g/mol. The highest BCUT2D eigenvalue weighted by Crippen LogP contribution is 2.16. The zero-order chi connectivity index (χ0) is 15.2. The summed E-state index contributed by atoms with van der Waals surface area (Å²) in [5.41, 5.74) is 0. The van der Waals surface area contributed by atoms with Gasteiger partial charge in [-0.25, -0.2) is 0 Å². The Morgan fingerprint density at radius 3 is 1.67 bits per heavy atom. The molecule has 2 atom stereocenters. The molecule has 0 aliphatic carbocycles. The molecule has 0 bridgehead atoms. The largest absolute Gasteiger partial charge is 1.00 e. The normalized spacial score (nSPS) is 14.0. The van der Waals surface area contributed by atoms with Gasteiger partial charge in [0.25, 0.3) is 0 Å². The number of alkyl halides is 1. The van der Waals surface area contributed by atoms with Gasteiger partial charge in [0.2, 0.25) is 0 Å². The van der Waals surface area contributed by atoms with E-state index in [1.54, 1.807) is 4.90 Å². The van der Waals surface area contributed by atoms with Gasteiger partial charge in [-0.1, -0.05) is 67.3 Å². The lowest BCUT2D eigenvalue weighted by Crippen LogP contribution is -3.05. The molecule has 0 radical (unpaired) electrons. The third-order valence-electron chi connectivity index (χ3n) is 3.85. The van der Waals surface area contributed by atoms with Gasteiger partial charge >= 0.3 is 0 Å². The summed E-state index contributed by atoms with van der Waals surface area (Å²) in [6.45, 7) is 3.15. The molecule has 0 fully saturated rings. The molecule has 0 aliphatic heterocycles. The first-order chi connectivity index (χ1) is 9.52. The van der Waals surface area contributed by atoms with Crippen LogP contribution in [0.5, 0.6) is 0 Å². The Hall–Kier alpha value is 0.880. The molecule has 0 aromatic heterocycles. The van der Waals surface area contributed by atoms with Crippen molar-refractivity contribution in [3.05, 3.63) is 0 Å². The Morgan fingerprint density at radius 2 is 1.24 bits per heavy atom. The molecule has 2 unspecified atom stereocenters. The molecular weight excluding hydrogens is 394 g/mol. The quantitative estimate of drug-likeness (QED) is 0.305. The number of nitrogens with one attached hydrogen (secondary N) is 1. The summed E-state index contributed by atoms with van der Waals surface area (Å²) < 4.78 is 0. The van der Waals surface area contributed by atoms with E-state index >= 15 is 0 Å². The maximum absolute atomic E-state index is 9.16. The van der Waals surface area contributed by atoms with Gasteiger partial charge in [0.05, 0.1) is 26.7 Å². The Morgan fingerprint density at radius 1 is 0.810 bits per heavy atom. The van der Waals surface area contributed by atoms with Gasteiger partial charge in [0, 0.05) is 11.2 Å². The minimum Gasteiger partial charge on any atom is -1.00 e. The second-order valence-corrected chi connectivity index (χ2v) is 7.89. The molecule has 21 heavy (non-hydrogen) atoms. The number of halogens is 2. The number of aliphatic hydroxyl groups is 1. The van der Waals surface area contributed by atoms with Crippen LogP contribution in [0, 0.1) is 0 Å². The maximum Gasteiger partial charge on any atom is 0.0777 e. The summed E-state index contributed by atoms with van der Waals surface area (Å²) in [6.07, 6.45) is 14.3. The monoisotopic (exact) mass is 429 g/mol. The summed E-state index contributed by atoms with van der Waals surface area (Å²) in [6, 6.07) is 0. The molecule has 0 saturated heterocycles. The second-order valence-electron chi connectivity index (χ2n) is 6.60. The molecule has 0 aromatic carbocycles. The van der Waals surface area contributed by atoms with Crippen LogP contribution < -0.4 is 21.9 Å². The zero-order valence-corrected chi connectivity index (χ0v) is 17.5. The minimum atomic E-state index is -0.110. The summed E-state index contributed by atoms with van der Waals surface area (Å²) >= 11 is 3.80. The van der Waals surface area contributed by atoms with Crippen molar-refractivity contribution in [1.82, 2.24) is 0 Å². The topological polar surface area (TPSA) is 24.7 Å². The van der Waals surface area contributed by atoms with Crippen LogP contribution in [-0.4, -0.2) is 36.7 Å². The van der Waals surface area contributed by atoms with Gasteiger partial charge in [-0.05, 0) is 19.8 Å². The van der Waals surface area contributed by atoms with Crippen LogP contribution >= 0.6 is 15.9 Å². The first-order valence-corrected chi connectivity index (χ1v) is 9.55. The summed E-state index contributed by atoms with van der Waals surface area (Å²) in [7, 11) is 4.45. The van der Waals surface area contributed by atoms with E-state index in [1.807, 2.05) is 6.92 Å². The number of quaternary nitrogens is 1. The maximum atomic E-state index is 9.16. The van der Waals surface area contributed by atoms with Crippen molar-refractivity contribution in [2.24, 2.45) is 0 Å². The van der Waals surface area contributed by atoms with Gasteiger partial charge in [0.1, 0.15) is 0 Å². The number of hydrogen-bond donors (Lipinski definition) is 2. The third-order valence-corrected chi connectivity index (χ3v) is 4.76. The molecule has 2 nitrogen and oxygen atoms in total. The summed E-state index contributed by atoms with van der Waals surface area (Å²) in [5, 5.41) is 9.16. The van der Waals surface area contributed by atoms with Crippen LogP contribution in [0.4, 0.5) is 0 Å². The van der Waals surface area contributed by atoms with Crippen LogP contribution in [0.15, 0.2) is 0 Å². The Labute approximate surface area is 152 Å². The number of rotatable bonds is 14. The van der Waals surface area contributed by atoms with E-state index in [0.717, 1.165) is 11.2 Å². The van der Waals surface area contributed by atoms with Crippen LogP contribution in [-0.2, 0) is 0 Å². The van der Waals surface area contributed by atoms with Gasteiger partial charge in [0.15, 0.2) is 0 Å². The van der Waals surface area contributed by atoms with Crippen molar-refractivity contribution in [1.29, 1.82) is 0 Å². The highest BCUT2D eigenvalue weighted by atomic mass is 79.9. The predicted octanol–water partition coefficient (Wildman–Crippen LogP) is 0.570. The SMILES string of the molecule is CC(O)CCCCCCCCCCC(Br)CC[NH+](C)C.[Br-]. The van der Waals surface area contributed by atoms with Gasteiger partial charge < -0.3 is 27.0 Å². The van der Waals surface area contributed by atoms with Crippen molar-refractivity contribution in [3.63, 3.8) is 0 Å². The highest BCUT2D eigenvalue weighted by Gasteiger charge is 2.05. The lowest BCUT2D eigenvalue weighted by atomic mass is 10.0. The van der Waals surface area contributed by atoms with Gasteiger partial charge in [-0.15, -0.1) is 0 Å². The van der Waals surface area contributed by atoms with E-state index in [2.05, 4.69) is 30.0 Å². The molecule has 0 heterocycles. The van der Waals surface area contributed by atoms with E-state index in [0.29, 0.717) is 0 Å². The molecule has 4 heteroatoms. The number of unbranched alkanes of at least 4 members (excludes halogenated alkanes) is 7. The van der Waals surface area contributed by atoms with Crippen molar-refractivity contribution in [2.75, 3.05) is 20.6 Å². The molecule has 130 valence electrons. The lowest BCUT2D eigenvalue weighted by molar-refractivity contribution is -0.858. The van der Waals surface area contributed by atoms with Crippen LogP contribution in [0.2, 0.25) is 0 Å². The zero-order valence-electron chi connectivity index (χ0n) is 14.3. The molecule has 0 saturated carbocycles. The average Bonchev–Trinajstić information content (AvgIpc) is 2.38. The molecular formula is C17H37Br2NO. The molecule has 0 aromatic rings. The molecule has 0 rings (SSSR count). The fourth-order valence-electron chi connectivity index (χ4n) is 2.46. The number of hydrogen-bond acceptors (Lipinski definition) is 1. The first-order valence-electron chi connectivity index (χ1n) is 8.63. The third kappa shape index (κ3) is 20.9. The Bertz CT molecular complexity index is 201. The molecule has 0 aliphatic rings. The second kappa shape index (κ2) is 17.2. The molecule has 0 spiro atoms. The lowest BCUT2D eigenvalue weighted by Gasteiger charge is -2.11. The first kappa shape index (κ1) is 24.1. The Kier molecular flexibility index (Phi) is 19.8. The van der Waals surface area contributed by atoms with E-state index in [9.17, 15) is 0 Å². The van der Waals surface area contributed by atoms with Crippen molar-refractivity contribution >= 4 is 15.9 Å². The Balaban J connectivity index is 0. The fraction of sp³-hybridized carbons (Fsp3) is 1.00. The number of aliphatic hydroxyl groups excluding tert-OH is 1. The standard InChI is InChI=1S/C17H36BrNO.BrH/c1-16(20)12-10-8-6-4-5-7-9-11-13-17(18)14-15-19(2)3;/h16-17,20H,4-15H2,1-3H3;1H. The van der Waals surface area contributed by atoms with Crippen molar-refractivity contribution in [2.45, 2.75) is 88.5 Å². The smallest absolute Gasteiger partial charge is 0.0777 e. The fourth-order valence-corrected chi connectivity index (χ4v) is 3.01. The van der Waals surface area contributed by atoms with E-state index in [1.165, 1.54) is 70.8 Å². The van der Waals surface area contributed by atoms with E-state index < -0.39 is 0 Å². The van der Waals surface area contributed by atoms with E-state index in [-0.39, 0.29) is 23.1 Å². The minimum absolute atomic E-state index is 0.